The predicted molar refractivity (Wildman–Crippen MR) is 80.0 cm³/mol. The first-order chi connectivity index (χ1) is 10.0. The van der Waals surface area contributed by atoms with Crippen LogP contribution in [0.4, 0.5) is 11.8 Å². The van der Waals surface area contributed by atoms with E-state index in [2.05, 4.69) is 30.4 Å². The number of hydrogen-bond acceptors (Lipinski definition) is 6. The summed E-state index contributed by atoms with van der Waals surface area (Å²) in [4.78, 5) is 22.6. The third-order valence-corrected chi connectivity index (χ3v) is 3.99. The highest BCUT2D eigenvalue weighted by Gasteiger charge is 2.40. The highest BCUT2D eigenvalue weighted by Crippen LogP contribution is 2.34. The standard InChI is InChI=1S/C13H19N7O/c1-3-15-12-17-9-8(6-16-19-9)10(18-12)20-5-4-13(2,7-20)11(14)21/h6H,3-5,7H2,1-2H3,(H2,14,21)(H2,15,16,17,18,19). The smallest absolute Gasteiger partial charge is 0.226 e. The molecule has 1 unspecified atom stereocenters. The molecule has 8 heteroatoms. The van der Waals surface area contributed by atoms with Gasteiger partial charge in [-0.3, -0.25) is 9.89 Å². The molecule has 0 aromatic carbocycles. The van der Waals surface area contributed by atoms with Crippen molar-refractivity contribution < 1.29 is 4.79 Å². The molecule has 3 rings (SSSR count). The number of nitrogens with zero attached hydrogens (tertiary/aromatic N) is 4. The number of nitrogens with two attached hydrogens (primary N) is 1. The van der Waals surface area contributed by atoms with Gasteiger partial charge in [0.15, 0.2) is 5.65 Å². The van der Waals surface area contributed by atoms with Gasteiger partial charge in [-0.15, -0.1) is 0 Å². The number of rotatable bonds is 4. The Morgan fingerprint density at radius 1 is 1.57 bits per heavy atom. The van der Waals surface area contributed by atoms with Crippen molar-refractivity contribution in [2.75, 3.05) is 29.9 Å². The van der Waals surface area contributed by atoms with Crippen LogP contribution in [0.3, 0.4) is 0 Å². The molecule has 0 saturated carbocycles. The summed E-state index contributed by atoms with van der Waals surface area (Å²) in [5.74, 6) is 1.07. The Balaban J connectivity index is 2.00. The molecule has 3 heterocycles. The van der Waals surface area contributed by atoms with E-state index in [0.717, 1.165) is 30.7 Å². The molecule has 0 bridgehead atoms. The van der Waals surface area contributed by atoms with Gasteiger partial charge in [-0.1, -0.05) is 0 Å². The van der Waals surface area contributed by atoms with Gasteiger partial charge in [-0.05, 0) is 20.3 Å². The molecule has 2 aromatic rings. The Morgan fingerprint density at radius 2 is 2.38 bits per heavy atom. The molecule has 112 valence electrons. The lowest BCUT2D eigenvalue weighted by Gasteiger charge is -2.22. The van der Waals surface area contributed by atoms with E-state index in [0.29, 0.717) is 18.1 Å². The van der Waals surface area contributed by atoms with E-state index < -0.39 is 5.41 Å². The number of aromatic amines is 1. The van der Waals surface area contributed by atoms with Gasteiger partial charge in [0, 0.05) is 19.6 Å². The van der Waals surface area contributed by atoms with Crippen LogP contribution >= 0.6 is 0 Å². The van der Waals surface area contributed by atoms with Crippen LogP contribution in [0, 0.1) is 5.41 Å². The van der Waals surface area contributed by atoms with E-state index in [4.69, 9.17) is 5.73 Å². The van der Waals surface area contributed by atoms with Gasteiger partial charge >= 0.3 is 0 Å². The van der Waals surface area contributed by atoms with Crippen molar-refractivity contribution in [1.29, 1.82) is 0 Å². The van der Waals surface area contributed by atoms with Crippen molar-refractivity contribution in [3.05, 3.63) is 6.20 Å². The predicted octanol–water partition coefficient (Wildman–Crippen LogP) is 0.486. The molecule has 1 amide bonds. The van der Waals surface area contributed by atoms with E-state index in [-0.39, 0.29) is 5.91 Å². The zero-order valence-corrected chi connectivity index (χ0v) is 12.2. The lowest BCUT2D eigenvalue weighted by atomic mass is 9.89. The number of hydrogen-bond donors (Lipinski definition) is 3. The lowest BCUT2D eigenvalue weighted by molar-refractivity contribution is -0.125. The van der Waals surface area contributed by atoms with Crippen LogP contribution < -0.4 is 16.0 Å². The van der Waals surface area contributed by atoms with E-state index in [1.165, 1.54) is 0 Å². The molecule has 1 aliphatic heterocycles. The van der Waals surface area contributed by atoms with Crippen molar-refractivity contribution in [2.45, 2.75) is 20.3 Å². The van der Waals surface area contributed by atoms with Gasteiger partial charge in [0.05, 0.1) is 17.0 Å². The Kier molecular flexibility index (Phi) is 3.15. The molecule has 21 heavy (non-hydrogen) atoms. The second kappa shape index (κ2) is 4.87. The number of nitrogens with one attached hydrogen (secondary N) is 2. The van der Waals surface area contributed by atoms with Gasteiger partial charge in [0.25, 0.3) is 0 Å². The SMILES string of the molecule is CCNc1nc(N2CCC(C)(C(N)=O)C2)c2cn[nH]c2n1. The molecule has 8 nitrogen and oxygen atoms in total. The fraction of sp³-hybridized carbons (Fsp3) is 0.538. The summed E-state index contributed by atoms with van der Waals surface area (Å²) in [6, 6.07) is 0. The second-order valence-corrected chi connectivity index (χ2v) is 5.63. The van der Waals surface area contributed by atoms with E-state index in [1.54, 1.807) is 6.20 Å². The zero-order chi connectivity index (χ0) is 15.0. The Bertz CT molecular complexity index is 682. The average molecular weight is 289 g/mol. The van der Waals surface area contributed by atoms with Crippen molar-refractivity contribution in [3.8, 4) is 0 Å². The molecular weight excluding hydrogens is 270 g/mol. The number of H-pyrrole nitrogens is 1. The molecule has 1 atom stereocenters. The average Bonchev–Trinajstić information content (AvgIpc) is 3.05. The second-order valence-electron chi connectivity index (χ2n) is 5.63. The monoisotopic (exact) mass is 289 g/mol. The molecule has 0 radical (unpaired) electrons. The maximum atomic E-state index is 11.6. The molecule has 1 saturated heterocycles. The first-order valence-corrected chi connectivity index (χ1v) is 7.03. The Hall–Kier alpha value is -2.38. The highest BCUT2D eigenvalue weighted by molar-refractivity contribution is 5.89. The minimum absolute atomic E-state index is 0.269. The van der Waals surface area contributed by atoms with Gasteiger partial charge < -0.3 is 16.0 Å². The lowest BCUT2D eigenvalue weighted by Crippen LogP contribution is -2.37. The summed E-state index contributed by atoms with van der Waals surface area (Å²) < 4.78 is 0. The molecule has 0 spiro atoms. The Labute approximate surface area is 122 Å². The topological polar surface area (TPSA) is 113 Å². The quantitative estimate of drug-likeness (QED) is 0.755. The third-order valence-electron chi connectivity index (χ3n) is 3.99. The number of aromatic nitrogens is 4. The van der Waals surface area contributed by atoms with Crippen molar-refractivity contribution >= 4 is 28.7 Å². The normalized spacial score (nSPS) is 21.9. The van der Waals surface area contributed by atoms with Crippen LogP contribution in [-0.4, -0.2) is 45.7 Å². The van der Waals surface area contributed by atoms with Gasteiger partial charge in [0.2, 0.25) is 11.9 Å². The molecule has 0 aliphatic carbocycles. The van der Waals surface area contributed by atoms with E-state index >= 15 is 0 Å². The number of anilines is 2. The highest BCUT2D eigenvalue weighted by atomic mass is 16.1. The van der Waals surface area contributed by atoms with Crippen LogP contribution in [-0.2, 0) is 4.79 Å². The fourth-order valence-corrected chi connectivity index (χ4v) is 2.64. The van der Waals surface area contributed by atoms with E-state index in [1.807, 2.05) is 13.8 Å². The van der Waals surface area contributed by atoms with Crippen molar-refractivity contribution in [2.24, 2.45) is 11.1 Å². The summed E-state index contributed by atoms with van der Waals surface area (Å²) in [6.45, 7) is 5.92. The van der Waals surface area contributed by atoms with Gasteiger partial charge in [0.1, 0.15) is 5.82 Å². The molecule has 1 fully saturated rings. The number of carbonyl (C=O) groups excluding carboxylic acids is 1. The maximum Gasteiger partial charge on any atom is 0.226 e. The van der Waals surface area contributed by atoms with E-state index in [9.17, 15) is 4.79 Å². The zero-order valence-electron chi connectivity index (χ0n) is 12.2. The Morgan fingerprint density at radius 3 is 3.05 bits per heavy atom. The minimum atomic E-state index is -0.515. The van der Waals surface area contributed by atoms with Crippen molar-refractivity contribution in [1.82, 2.24) is 20.2 Å². The summed E-state index contributed by atoms with van der Waals surface area (Å²) in [7, 11) is 0. The van der Waals surface area contributed by atoms with Gasteiger partial charge in [-0.2, -0.15) is 15.1 Å². The molecule has 1 aliphatic rings. The van der Waals surface area contributed by atoms with Crippen LogP contribution in [0.1, 0.15) is 20.3 Å². The summed E-state index contributed by atoms with van der Waals surface area (Å²) in [5, 5.41) is 10.9. The third kappa shape index (κ3) is 2.26. The minimum Gasteiger partial charge on any atom is -0.369 e. The summed E-state index contributed by atoms with van der Waals surface area (Å²) >= 11 is 0. The first kappa shape index (κ1) is 13.6. The fourth-order valence-electron chi connectivity index (χ4n) is 2.64. The number of primary amides is 1. The molecule has 2 aromatic heterocycles. The molecular formula is C13H19N7O. The number of carbonyl (C=O) groups is 1. The van der Waals surface area contributed by atoms with Gasteiger partial charge in [-0.25, -0.2) is 0 Å². The van der Waals surface area contributed by atoms with Crippen LogP contribution in [0.2, 0.25) is 0 Å². The summed E-state index contributed by atoms with van der Waals surface area (Å²) in [6.07, 6.45) is 2.43. The number of fused-ring (bicyclic) bond motifs is 1. The summed E-state index contributed by atoms with van der Waals surface area (Å²) in [5.41, 5.74) is 5.68. The maximum absolute atomic E-state index is 11.6. The largest absolute Gasteiger partial charge is 0.369 e. The van der Waals surface area contributed by atoms with Crippen LogP contribution in [0.5, 0.6) is 0 Å². The number of amides is 1. The first-order valence-electron chi connectivity index (χ1n) is 7.03. The van der Waals surface area contributed by atoms with Crippen molar-refractivity contribution in [3.63, 3.8) is 0 Å². The molecule has 4 N–H and O–H groups in total. The van der Waals surface area contributed by atoms with Crippen LogP contribution in [0.25, 0.3) is 11.0 Å². The van der Waals surface area contributed by atoms with Crippen LogP contribution in [0.15, 0.2) is 6.20 Å².